The molecule has 5 heteroatoms. The van der Waals surface area contributed by atoms with Crippen molar-refractivity contribution in [3.63, 3.8) is 0 Å². The molecule has 1 aliphatic carbocycles. The van der Waals surface area contributed by atoms with Crippen LogP contribution in [0.2, 0.25) is 10.0 Å². The highest BCUT2D eigenvalue weighted by Gasteiger charge is 2.56. The molecule has 0 aliphatic heterocycles. The van der Waals surface area contributed by atoms with Crippen LogP contribution in [-0.2, 0) is 5.41 Å². The van der Waals surface area contributed by atoms with E-state index in [-0.39, 0.29) is 12.5 Å². The zero-order chi connectivity index (χ0) is 11.8. The predicted molar refractivity (Wildman–Crippen MR) is 62.5 cm³/mol. The van der Waals surface area contributed by atoms with Crippen LogP contribution in [0.3, 0.4) is 0 Å². The van der Waals surface area contributed by atoms with E-state index in [4.69, 9.17) is 23.2 Å². The molecule has 0 heterocycles. The van der Waals surface area contributed by atoms with Gasteiger partial charge in [0, 0.05) is 5.92 Å². The number of hydrogen-bond donors (Lipinski definition) is 0. The van der Waals surface area contributed by atoms with Crippen molar-refractivity contribution >= 4 is 23.2 Å². The molecule has 2 rings (SSSR count). The van der Waals surface area contributed by atoms with Crippen LogP contribution >= 0.6 is 23.2 Å². The summed E-state index contributed by atoms with van der Waals surface area (Å²) in [5.74, 6) is 0.00671. The monoisotopic (exact) mass is 254 g/mol. The van der Waals surface area contributed by atoms with Crippen LogP contribution in [0.5, 0.6) is 0 Å². The highest BCUT2D eigenvalue weighted by molar-refractivity contribution is 6.42. The zero-order valence-electron chi connectivity index (χ0n) is 8.28. The van der Waals surface area contributed by atoms with Gasteiger partial charge in [0.15, 0.2) is 0 Å². The first kappa shape index (κ1) is 11.4. The Morgan fingerprint density at radius 2 is 2.25 bits per heavy atom. The third-order valence-corrected chi connectivity index (χ3v) is 3.77. The van der Waals surface area contributed by atoms with Crippen molar-refractivity contribution in [1.82, 2.24) is 0 Å². The molecule has 1 aliphatic rings. The maximum Gasteiger partial charge on any atom is 0.0874 e. The average molecular weight is 255 g/mol. The molecule has 0 saturated heterocycles. The van der Waals surface area contributed by atoms with Gasteiger partial charge in [-0.25, -0.2) is 0 Å². The Bertz CT molecular complexity index is 483. The van der Waals surface area contributed by atoms with Gasteiger partial charge in [0.2, 0.25) is 0 Å². The standard InChI is InChI=1S/C11H8Cl2N2O/c12-9-2-1-7(3-10(9)13)11(6-14)4-8(11)5-15-16/h1-3,8H,4-5H2/t8-,11-/m1/s1. The molecule has 0 unspecified atom stereocenters. The number of nitriles is 1. The molecule has 0 N–H and O–H groups in total. The molecule has 16 heavy (non-hydrogen) atoms. The van der Waals surface area contributed by atoms with Crippen LogP contribution in [0.15, 0.2) is 23.4 Å². The summed E-state index contributed by atoms with van der Waals surface area (Å²) in [6.07, 6.45) is 0.660. The SMILES string of the molecule is N#C[C@@]1(c2ccc(Cl)c(Cl)c2)C[C@@H]1CN=O. The Morgan fingerprint density at radius 1 is 1.50 bits per heavy atom. The summed E-state index contributed by atoms with van der Waals surface area (Å²) in [5.41, 5.74) is 0.223. The average Bonchev–Trinajstić information content (AvgIpc) is 2.98. The van der Waals surface area contributed by atoms with Crippen molar-refractivity contribution in [2.24, 2.45) is 11.1 Å². The van der Waals surface area contributed by atoms with E-state index < -0.39 is 5.41 Å². The minimum absolute atomic E-state index is 0.00671. The third kappa shape index (κ3) is 1.68. The van der Waals surface area contributed by atoms with Gasteiger partial charge in [0.05, 0.1) is 28.1 Å². The van der Waals surface area contributed by atoms with Gasteiger partial charge in [0.25, 0.3) is 0 Å². The fourth-order valence-corrected chi connectivity index (χ4v) is 2.27. The molecule has 1 saturated carbocycles. The topological polar surface area (TPSA) is 53.2 Å². The highest BCUT2D eigenvalue weighted by atomic mass is 35.5. The predicted octanol–water partition coefficient (Wildman–Crippen LogP) is 3.54. The molecule has 82 valence electrons. The summed E-state index contributed by atoms with van der Waals surface area (Å²) in [6, 6.07) is 7.39. The quantitative estimate of drug-likeness (QED) is 0.775. The first-order valence-corrected chi connectivity index (χ1v) is 5.55. The summed E-state index contributed by atoms with van der Waals surface area (Å²) < 4.78 is 0. The molecular formula is C11H8Cl2N2O. The second-order valence-corrected chi connectivity index (χ2v) is 4.74. The summed E-state index contributed by atoms with van der Waals surface area (Å²) in [7, 11) is 0. The van der Waals surface area contributed by atoms with Crippen LogP contribution in [-0.4, -0.2) is 6.54 Å². The molecule has 1 fully saturated rings. The van der Waals surface area contributed by atoms with E-state index in [0.717, 1.165) is 5.56 Å². The van der Waals surface area contributed by atoms with Crippen molar-refractivity contribution in [3.8, 4) is 6.07 Å². The van der Waals surface area contributed by atoms with E-state index in [1.807, 2.05) is 0 Å². The van der Waals surface area contributed by atoms with Crippen LogP contribution < -0.4 is 0 Å². The second kappa shape index (κ2) is 4.04. The first-order valence-electron chi connectivity index (χ1n) is 4.80. The van der Waals surface area contributed by atoms with Crippen LogP contribution in [0.4, 0.5) is 0 Å². The van der Waals surface area contributed by atoms with E-state index in [1.165, 1.54) is 0 Å². The molecule has 0 radical (unpaired) electrons. The van der Waals surface area contributed by atoms with E-state index >= 15 is 0 Å². The van der Waals surface area contributed by atoms with Gasteiger partial charge >= 0.3 is 0 Å². The van der Waals surface area contributed by atoms with Crippen molar-refractivity contribution in [1.29, 1.82) is 5.26 Å². The zero-order valence-corrected chi connectivity index (χ0v) is 9.79. The molecule has 0 amide bonds. The normalized spacial score (nSPS) is 27.2. The maximum absolute atomic E-state index is 10.2. The fourth-order valence-electron chi connectivity index (χ4n) is 1.97. The van der Waals surface area contributed by atoms with Gasteiger partial charge in [0.1, 0.15) is 0 Å². The molecule has 2 atom stereocenters. The lowest BCUT2D eigenvalue weighted by Crippen LogP contribution is -2.08. The van der Waals surface area contributed by atoms with Gasteiger partial charge in [-0.1, -0.05) is 34.4 Å². The van der Waals surface area contributed by atoms with E-state index in [2.05, 4.69) is 11.2 Å². The van der Waals surface area contributed by atoms with Crippen molar-refractivity contribution in [2.45, 2.75) is 11.8 Å². The first-order chi connectivity index (χ1) is 7.64. The highest BCUT2D eigenvalue weighted by Crippen LogP contribution is 2.54. The Morgan fingerprint density at radius 3 is 2.81 bits per heavy atom. The Kier molecular flexibility index (Phi) is 2.88. The lowest BCUT2D eigenvalue weighted by molar-refractivity contribution is 0.732. The molecule has 1 aromatic rings. The Labute approximate surface area is 103 Å². The Hall–Kier alpha value is -1.11. The molecule has 0 spiro atoms. The summed E-state index contributed by atoms with van der Waals surface area (Å²) in [6.45, 7) is 0.174. The molecular weight excluding hydrogens is 247 g/mol. The molecule has 1 aromatic carbocycles. The lowest BCUT2D eigenvalue weighted by atomic mass is 9.95. The van der Waals surface area contributed by atoms with Gasteiger partial charge in [-0.2, -0.15) is 10.2 Å². The largest absolute Gasteiger partial charge is 0.197 e. The number of rotatable bonds is 3. The molecule has 3 nitrogen and oxygen atoms in total. The summed E-state index contributed by atoms with van der Waals surface area (Å²) >= 11 is 11.7. The number of benzene rings is 1. The number of nitrogens with zero attached hydrogens (tertiary/aromatic N) is 2. The van der Waals surface area contributed by atoms with Gasteiger partial charge in [-0.15, -0.1) is 0 Å². The molecule has 0 bridgehead atoms. The second-order valence-electron chi connectivity index (χ2n) is 3.92. The maximum atomic E-state index is 10.2. The van der Waals surface area contributed by atoms with E-state index in [9.17, 15) is 10.2 Å². The van der Waals surface area contributed by atoms with Crippen molar-refractivity contribution in [2.75, 3.05) is 6.54 Å². The third-order valence-electron chi connectivity index (χ3n) is 3.03. The number of halogens is 2. The summed E-state index contributed by atoms with van der Waals surface area (Å²) in [5, 5.41) is 12.9. The van der Waals surface area contributed by atoms with E-state index in [1.54, 1.807) is 18.2 Å². The van der Waals surface area contributed by atoms with Crippen LogP contribution in [0, 0.1) is 22.2 Å². The number of nitroso groups, excluding NO2 is 1. The van der Waals surface area contributed by atoms with E-state index in [0.29, 0.717) is 16.5 Å². The van der Waals surface area contributed by atoms with Gasteiger partial charge in [-0.3, -0.25) is 0 Å². The molecule has 0 aromatic heterocycles. The smallest absolute Gasteiger partial charge is 0.0874 e. The summed E-state index contributed by atoms with van der Waals surface area (Å²) in [4.78, 5) is 10.2. The number of hydrogen-bond acceptors (Lipinski definition) is 3. The lowest BCUT2D eigenvalue weighted by Gasteiger charge is -2.08. The minimum Gasteiger partial charge on any atom is -0.197 e. The van der Waals surface area contributed by atoms with Gasteiger partial charge < -0.3 is 0 Å². The minimum atomic E-state index is -0.595. The Balaban J connectivity index is 2.34. The van der Waals surface area contributed by atoms with Gasteiger partial charge in [-0.05, 0) is 24.1 Å². The fraction of sp³-hybridized carbons (Fsp3) is 0.364. The van der Waals surface area contributed by atoms with Crippen molar-refractivity contribution < 1.29 is 0 Å². The van der Waals surface area contributed by atoms with Crippen LogP contribution in [0.1, 0.15) is 12.0 Å². The van der Waals surface area contributed by atoms with Crippen LogP contribution in [0.25, 0.3) is 0 Å². The van der Waals surface area contributed by atoms with Crippen molar-refractivity contribution in [3.05, 3.63) is 38.7 Å².